The smallest absolute Gasteiger partial charge is 0.135 e. The summed E-state index contributed by atoms with van der Waals surface area (Å²) in [6, 6.07) is 56.4. The van der Waals surface area contributed by atoms with E-state index in [9.17, 15) is 0 Å². The topological polar surface area (TPSA) is 13.1 Å². The first-order chi connectivity index (χ1) is 25.7. The minimum Gasteiger partial charge on any atom is -0.456 e. The minimum absolute atomic E-state index is 0.379. The average molecular weight is 663 g/mol. The first kappa shape index (κ1) is 29.3. The van der Waals surface area contributed by atoms with Gasteiger partial charge >= 0.3 is 0 Å². The SMILES string of the molecule is CC=CC(=CC)c1ccc2oc3ccc(-c4cccc5c4-c4ccccc4C54c5ccccc5-c5ccccc54)c4cccc(c5cccc1c25)c34. The maximum atomic E-state index is 6.93. The van der Waals surface area contributed by atoms with Crippen molar-refractivity contribution in [1.82, 2.24) is 0 Å². The first-order valence-corrected chi connectivity index (χ1v) is 18.3. The lowest BCUT2D eigenvalue weighted by Crippen LogP contribution is -2.25. The van der Waals surface area contributed by atoms with Crippen molar-refractivity contribution in [3.63, 3.8) is 0 Å². The highest BCUT2D eigenvalue weighted by Crippen LogP contribution is 2.64. The Morgan fingerprint density at radius 1 is 0.442 bits per heavy atom. The first-order valence-electron chi connectivity index (χ1n) is 18.3. The molecule has 0 atom stereocenters. The van der Waals surface area contributed by atoms with Gasteiger partial charge in [-0.25, -0.2) is 0 Å². The van der Waals surface area contributed by atoms with E-state index in [0.717, 1.165) is 21.9 Å². The third-order valence-corrected chi connectivity index (χ3v) is 11.8. The molecule has 11 rings (SSSR count). The Morgan fingerprint density at radius 3 is 1.63 bits per heavy atom. The molecule has 1 heterocycles. The van der Waals surface area contributed by atoms with Gasteiger partial charge < -0.3 is 4.42 Å². The van der Waals surface area contributed by atoms with Crippen LogP contribution in [0, 0.1) is 0 Å². The number of hydrogen-bond acceptors (Lipinski definition) is 1. The molecule has 0 saturated carbocycles. The second kappa shape index (κ2) is 10.8. The maximum absolute atomic E-state index is 6.93. The van der Waals surface area contributed by atoms with Gasteiger partial charge in [-0.2, -0.15) is 0 Å². The van der Waals surface area contributed by atoms with Crippen molar-refractivity contribution in [3.8, 4) is 33.4 Å². The van der Waals surface area contributed by atoms with Crippen LogP contribution >= 0.6 is 0 Å². The van der Waals surface area contributed by atoms with Crippen molar-refractivity contribution in [2.45, 2.75) is 19.3 Å². The fraction of sp³-hybridized carbons (Fsp3) is 0.0588. The minimum atomic E-state index is -0.379. The van der Waals surface area contributed by atoms with Gasteiger partial charge in [0.05, 0.1) is 5.41 Å². The van der Waals surface area contributed by atoms with E-state index in [1.165, 1.54) is 88.3 Å². The van der Waals surface area contributed by atoms with Gasteiger partial charge in [0.15, 0.2) is 0 Å². The highest BCUT2D eigenvalue weighted by Gasteiger charge is 2.52. The van der Waals surface area contributed by atoms with E-state index in [0.29, 0.717) is 0 Å². The van der Waals surface area contributed by atoms with Crippen molar-refractivity contribution >= 4 is 49.1 Å². The molecule has 8 aromatic carbocycles. The van der Waals surface area contributed by atoms with Gasteiger partial charge in [0.2, 0.25) is 0 Å². The molecular weight excluding hydrogens is 629 g/mol. The summed E-state index contributed by atoms with van der Waals surface area (Å²) in [5.41, 5.74) is 17.0. The molecule has 9 aromatic rings. The van der Waals surface area contributed by atoms with Gasteiger partial charge in [-0.15, -0.1) is 0 Å². The fourth-order valence-corrected chi connectivity index (χ4v) is 9.86. The summed E-state index contributed by atoms with van der Waals surface area (Å²) in [7, 11) is 0. The van der Waals surface area contributed by atoms with E-state index in [1.807, 2.05) is 0 Å². The van der Waals surface area contributed by atoms with Crippen LogP contribution in [0.1, 0.15) is 41.7 Å². The van der Waals surface area contributed by atoms with Crippen molar-refractivity contribution in [2.24, 2.45) is 0 Å². The van der Waals surface area contributed by atoms with Crippen LogP contribution in [0.2, 0.25) is 0 Å². The van der Waals surface area contributed by atoms with E-state index in [4.69, 9.17) is 4.42 Å². The molecule has 0 aliphatic heterocycles. The predicted octanol–water partition coefficient (Wildman–Crippen LogP) is 13.9. The zero-order valence-electron chi connectivity index (χ0n) is 29.1. The molecule has 0 bridgehead atoms. The third-order valence-electron chi connectivity index (χ3n) is 11.8. The standard InChI is InChI=1S/C51H34O/c1-3-14-31(4-2)32-27-29-46-49-36(32)18-11-20-39(49)40-21-12-19-38-33(28-30-47(52-46)50(38)40)37-22-13-26-45-48(37)41-17-7-10-25-44(41)51(45)42-23-8-5-15-34(42)35-16-6-9-24-43(35)51/h3-30H,1-2H3. The van der Waals surface area contributed by atoms with Crippen molar-refractivity contribution in [3.05, 3.63) is 198 Å². The Kier molecular flexibility index (Phi) is 6.08. The molecule has 0 N–H and O–H groups in total. The second-order valence-corrected chi connectivity index (χ2v) is 14.1. The Hall–Kier alpha value is -6.44. The molecule has 0 fully saturated rings. The Morgan fingerprint density at radius 2 is 0.962 bits per heavy atom. The van der Waals surface area contributed by atoms with E-state index in [1.54, 1.807) is 0 Å². The van der Waals surface area contributed by atoms with Crippen LogP contribution in [0.25, 0.3) is 82.4 Å². The van der Waals surface area contributed by atoms with Crippen LogP contribution in [0.5, 0.6) is 0 Å². The summed E-state index contributed by atoms with van der Waals surface area (Å²) >= 11 is 0. The zero-order chi connectivity index (χ0) is 34.6. The van der Waals surface area contributed by atoms with Crippen LogP contribution in [-0.4, -0.2) is 0 Å². The molecule has 2 aliphatic carbocycles. The summed E-state index contributed by atoms with van der Waals surface area (Å²) in [5, 5.41) is 7.11. The predicted molar refractivity (Wildman–Crippen MR) is 219 cm³/mol. The molecular formula is C51H34O. The summed E-state index contributed by atoms with van der Waals surface area (Å²) in [5.74, 6) is 0. The molecule has 1 aromatic heterocycles. The van der Waals surface area contributed by atoms with Gasteiger partial charge in [0.25, 0.3) is 0 Å². The Balaban J connectivity index is 1.24. The number of benzene rings is 8. The summed E-state index contributed by atoms with van der Waals surface area (Å²) in [6.45, 7) is 4.18. The normalized spacial score (nSPS) is 14.2. The Labute approximate surface area is 302 Å². The number of rotatable bonds is 3. The third kappa shape index (κ3) is 3.62. The quantitative estimate of drug-likeness (QED) is 0.172. The summed E-state index contributed by atoms with van der Waals surface area (Å²) in [4.78, 5) is 0. The average Bonchev–Trinajstić information content (AvgIpc) is 3.62. The summed E-state index contributed by atoms with van der Waals surface area (Å²) < 4.78 is 6.93. The van der Waals surface area contributed by atoms with Crippen molar-refractivity contribution in [1.29, 1.82) is 0 Å². The maximum Gasteiger partial charge on any atom is 0.135 e. The van der Waals surface area contributed by atoms with Crippen LogP contribution < -0.4 is 0 Å². The lowest BCUT2D eigenvalue weighted by Gasteiger charge is -2.30. The molecule has 0 saturated heterocycles. The Bertz CT molecular complexity index is 2990. The number of hydrogen-bond donors (Lipinski definition) is 0. The number of fused-ring (bicyclic) bond motifs is 11. The van der Waals surface area contributed by atoms with Crippen LogP contribution in [0.3, 0.4) is 0 Å². The molecule has 1 spiro atoms. The van der Waals surface area contributed by atoms with Crippen molar-refractivity contribution < 1.29 is 4.42 Å². The molecule has 1 heteroatoms. The summed E-state index contributed by atoms with van der Waals surface area (Å²) in [6.07, 6.45) is 6.48. The van der Waals surface area contributed by atoms with Gasteiger partial charge in [-0.3, -0.25) is 0 Å². The molecule has 52 heavy (non-hydrogen) atoms. The lowest BCUT2D eigenvalue weighted by atomic mass is 9.70. The number of allylic oxidation sites excluding steroid dienone is 4. The van der Waals surface area contributed by atoms with E-state index in [-0.39, 0.29) is 5.41 Å². The molecule has 2 aliphatic rings. The molecule has 0 radical (unpaired) electrons. The highest BCUT2D eigenvalue weighted by molar-refractivity contribution is 6.26. The fourth-order valence-electron chi connectivity index (χ4n) is 9.86. The van der Waals surface area contributed by atoms with Gasteiger partial charge in [-0.1, -0.05) is 158 Å². The van der Waals surface area contributed by atoms with E-state index >= 15 is 0 Å². The van der Waals surface area contributed by atoms with Gasteiger partial charge in [0.1, 0.15) is 11.2 Å². The molecule has 0 amide bonds. The molecule has 1 nitrogen and oxygen atoms in total. The van der Waals surface area contributed by atoms with Gasteiger partial charge in [-0.05, 0) is 114 Å². The molecule has 0 unspecified atom stereocenters. The van der Waals surface area contributed by atoms with Crippen LogP contribution in [-0.2, 0) is 5.41 Å². The van der Waals surface area contributed by atoms with Gasteiger partial charge in [0, 0.05) is 10.8 Å². The van der Waals surface area contributed by atoms with Crippen molar-refractivity contribution in [2.75, 3.05) is 0 Å². The van der Waals surface area contributed by atoms with E-state index in [2.05, 4.69) is 184 Å². The van der Waals surface area contributed by atoms with Crippen LogP contribution in [0.4, 0.5) is 0 Å². The largest absolute Gasteiger partial charge is 0.456 e. The zero-order valence-corrected chi connectivity index (χ0v) is 29.1. The second-order valence-electron chi connectivity index (χ2n) is 14.1. The van der Waals surface area contributed by atoms with Crippen LogP contribution in [0.15, 0.2) is 174 Å². The van der Waals surface area contributed by atoms with E-state index < -0.39 is 0 Å². The molecule has 244 valence electrons. The highest BCUT2D eigenvalue weighted by atomic mass is 16.3. The monoisotopic (exact) mass is 662 g/mol. The lowest BCUT2D eigenvalue weighted by molar-refractivity contribution is 0.664.